The summed E-state index contributed by atoms with van der Waals surface area (Å²) in [6.45, 7) is 4.60. The maximum Gasteiger partial charge on any atom is 0.175 e. The molecule has 3 aromatic carbocycles. The van der Waals surface area contributed by atoms with Gasteiger partial charge in [0.05, 0.1) is 17.3 Å². The van der Waals surface area contributed by atoms with Crippen LogP contribution in [0.1, 0.15) is 22.3 Å². The van der Waals surface area contributed by atoms with Crippen molar-refractivity contribution in [2.24, 2.45) is 4.99 Å². The third kappa shape index (κ3) is 4.98. The second-order valence-electron chi connectivity index (χ2n) is 6.35. The van der Waals surface area contributed by atoms with Crippen LogP contribution in [0.5, 0.6) is 11.5 Å². The number of methoxy groups -OCH3 is 1. The quantitative estimate of drug-likeness (QED) is 0.429. The van der Waals surface area contributed by atoms with Crippen LogP contribution in [-0.4, -0.2) is 13.3 Å². The minimum absolute atomic E-state index is 0.478. The molecule has 0 saturated heterocycles. The van der Waals surface area contributed by atoms with E-state index in [-0.39, 0.29) is 0 Å². The van der Waals surface area contributed by atoms with Gasteiger partial charge in [-0.25, -0.2) is 0 Å². The summed E-state index contributed by atoms with van der Waals surface area (Å²) in [6, 6.07) is 20.2. The van der Waals surface area contributed by atoms with E-state index in [2.05, 4.69) is 52.1 Å². The molecule has 0 amide bonds. The molecule has 27 heavy (non-hydrogen) atoms. The Hall–Kier alpha value is -2.59. The van der Waals surface area contributed by atoms with Crippen molar-refractivity contribution in [2.45, 2.75) is 20.5 Å². The highest BCUT2D eigenvalue weighted by molar-refractivity contribution is 9.10. The summed E-state index contributed by atoms with van der Waals surface area (Å²) in [4.78, 5) is 4.58. The highest BCUT2D eigenvalue weighted by atomic mass is 79.9. The average Bonchev–Trinajstić information content (AvgIpc) is 2.67. The Morgan fingerprint density at radius 2 is 1.74 bits per heavy atom. The molecule has 3 nitrogen and oxygen atoms in total. The summed E-state index contributed by atoms with van der Waals surface area (Å²) >= 11 is 3.60. The van der Waals surface area contributed by atoms with Crippen molar-refractivity contribution in [3.63, 3.8) is 0 Å². The Balaban J connectivity index is 1.80. The molecule has 0 aliphatic heterocycles. The molecule has 0 atom stereocenters. The number of aryl methyl sites for hydroxylation is 2. The molecule has 0 saturated carbocycles. The lowest BCUT2D eigenvalue weighted by Gasteiger charge is -2.13. The third-order valence-corrected chi connectivity index (χ3v) is 4.81. The molecule has 0 aliphatic carbocycles. The van der Waals surface area contributed by atoms with Crippen LogP contribution in [0.3, 0.4) is 0 Å². The van der Waals surface area contributed by atoms with Crippen molar-refractivity contribution < 1.29 is 9.47 Å². The van der Waals surface area contributed by atoms with Crippen LogP contribution in [0.2, 0.25) is 0 Å². The molecule has 0 bridgehead atoms. The molecule has 0 unspecified atom stereocenters. The van der Waals surface area contributed by atoms with Crippen LogP contribution in [0.25, 0.3) is 0 Å². The average molecular weight is 424 g/mol. The first-order valence-corrected chi connectivity index (χ1v) is 9.51. The second-order valence-corrected chi connectivity index (χ2v) is 7.21. The number of hydrogen-bond donors (Lipinski definition) is 0. The van der Waals surface area contributed by atoms with E-state index in [0.717, 1.165) is 26.9 Å². The summed E-state index contributed by atoms with van der Waals surface area (Å²) in [7, 11) is 1.64. The lowest BCUT2D eigenvalue weighted by molar-refractivity contribution is 0.282. The number of ether oxygens (including phenoxy) is 2. The van der Waals surface area contributed by atoms with Crippen LogP contribution < -0.4 is 9.47 Å². The van der Waals surface area contributed by atoms with Gasteiger partial charge < -0.3 is 9.47 Å². The first kappa shape index (κ1) is 19.2. The van der Waals surface area contributed by atoms with E-state index in [9.17, 15) is 0 Å². The second kappa shape index (κ2) is 8.87. The van der Waals surface area contributed by atoms with Gasteiger partial charge in [-0.05, 0) is 64.7 Å². The van der Waals surface area contributed by atoms with E-state index in [1.54, 1.807) is 7.11 Å². The number of para-hydroxylation sites is 1. The van der Waals surface area contributed by atoms with Gasteiger partial charge in [0.2, 0.25) is 0 Å². The van der Waals surface area contributed by atoms with Gasteiger partial charge in [0, 0.05) is 6.21 Å². The third-order valence-electron chi connectivity index (χ3n) is 4.22. The maximum absolute atomic E-state index is 6.01. The first-order valence-electron chi connectivity index (χ1n) is 8.72. The molecule has 4 heteroatoms. The zero-order chi connectivity index (χ0) is 19.2. The summed E-state index contributed by atoms with van der Waals surface area (Å²) in [6.07, 6.45) is 1.83. The Bertz CT molecular complexity index is 949. The number of hydrogen-bond acceptors (Lipinski definition) is 3. The predicted molar refractivity (Wildman–Crippen MR) is 115 cm³/mol. The zero-order valence-electron chi connectivity index (χ0n) is 15.7. The number of aliphatic imine (C=N–C) groups is 1. The van der Waals surface area contributed by atoms with Crippen molar-refractivity contribution >= 4 is 27.8 Å². The predicted octanol–water partition coefficient (Wildman–Crippen LogP) is 6.40. The smallest absolute Gasteiger partial charge is 0.175 e. The van der Waals surface area contributed by atoms with Gasteiger partial charge >= 0.3 is 0 Å². The van der Waals surface area contributed by atoms with Gasteiger partial charge in [0.1, 0.15) is 6.61 Å². The first-order chi connectivity index (χ1) is 13.1. The number of benzene rings is 3. The van der Waals surface area contributed by atoms with Gasteiger partial charge in [-0.2, -0.15) is 0 Å². The summed E-state index contributed by atoms with van der Waals surface area (Å²) in [5.74, 6) is 1.36. The molecule has 3 aromatic rings. The van der Waals surface area contributed by atoms with Gasteiger partial charge in [0.25, 0.3) is 0 Å². The van der Waals surface area contributed by atoms with Crippen LogP contribution in [-0.2, 0) is 6.61 Å². The van der Waals surface area contributed by atoms with Gasteiger partial charge in [-0.3, -0.25) is 4.99 Å². The SMILES string of the molecule is COc1cc(C=Nc2ccccc2C)cc(Br)c1OCc1ccc(C)cc1. The summed E-state index contributed by atoms with van der Waals surface area (Å²) in [5, 5.41) is 0. The Morgan fingerprint density at radius 3 is 2.44 bits per heavy atom. The van der Waals surface area contributed by atoms with Gasteiger partial charge in [-0.1, -0.05) is 48.0 Å². The Kier molecular flexibility index (Phi) is 6.30. The van der Waals surface area contributed by atoms with Crippen LogP contribution in [0.4, 0.5) is 5.69 Å². The molecule has 3 rings (SSSR count). The van der Waals surface area contributed by atoms with Gasteiger partial charge in [0.15, 0.2) is 11.5 Å². The molecule has 0 aromatic heterocycles. The van der Waals surface area contributed by atoms with Gasteiger partial charge in [-0.15, -0.1) is 0 Å². The highest BCUT2D eigenvalue weighted by Gasteiger charge is 2.11. The van der Waals surface area contributed by atoms with Crippen LogP contribution >= 0.6 is 15.9 Å². The number of rotatable bonds is 6. The number of halogens is 1. The fourth-order valence-corrected chi connectivity index (χ4v) is 3.22. The lowest BCUT2D eigenvalue weighted by atomic mass is 10.1. The van der Waals surface area contributed by atoms with E-state index in [1.807, 2.05) is 49.5 Å². The molecular weight excluding hydrogens is 402 g/mol. The highest BCUT2D eigenvalue weighted by Crippen LogP contribution is 2.37. The topological polar surface area (TPSA) is 30.8 Å². The maximum atomic E-state index is 6.01. The molecule has 0 spiro atoms. The zero-order valence-corrected chi connectivity index (χ0v) is 17.3. The molecule has 0 N–H and O–H groups in total. The van der Waals surface area contributed by atoms with Crippen LogP contribution in [0.15, 0.2) is 70.1 Å². The minimum Gasteiger partial charge on any atom is -0.493 e. The van der Waals surface area contributed by atoms with Crippen molar-refractivity contribution in [1.29, 1.82) is 0 Å². The van der Waals surface area contributed by atoms with Crippen molar-refractivity contribution in [3.05, 3.63) is 87.4 Å². The minimum atomic E-state index is 0.478. The molecule has 0 radical (unpaired) electrons. The van der Waals surface area contributed by atoms with Crippen molar-refractivity contribution in [2.75, 3.05) is 7.11 Å². The molecule has 138 valence electrons. The molecule has 0 fully saturated rings. The van der Waals surface area contributed by atoms with Crippen LogP contribution in [0, 0.1) is 13.8 Å². The van der Waals surface area contributed by atoms with E-state index in [0.29, 0.717) is 18.1 Å². The van der Waals surface area contributed by atoms with E-state index < -0.39 is 0 Å². The monoisotopic (exact) mass is 423 g/mol. The summed E-state index contributed by atoms with van der Waals surface area (Å²) < 4.78 is 12.4. The normalized spacial score (nSPS) is 11.0. The lowest BCUT2D eigenvalue weighted by Crippen LogP contribution is -1.99. The van der Waals surface area contributed by atoms with E-state index in [1.165, 1.54) is 5.56 Å². The van der Waals surface area contributed by atoms with Crippen molar-refractivity contribution in [1.82, 2.24) is 0 Å². The summed E-state index contributed by atoms with van der Waals surface area (Å²) in [5.41, 5.74) is 5.37. The van der Waals surface area contributed by atoms with Crippen molar-refractivity contribution in [3.8, 4) is 11.5 Å². The largest absolute Gasteiger partial charge is 0.493 e. The molecule has 0 aliphatic rings. The Morgan fingerprint density at radius 1 is 1.00 bits per heavy atom. The molecular formula is C23H22BrNO2. The van der Waals surface area contributed by atoms with E-state index in [4.69, 9.17) is 9.47 Å². The Labute approximate surface area is 168 Å². The standard InChI is InChI=1S/C23H22BrNO2/c1-16-8-10-18(11-9-16)15-27-23-20(24)12-19(13-22(23)26-3)14-25-21-7-5-4-6-17(21)2/h4-14H,15H2,1-3H3. The molecule has 0 heterocycles. The number of nitrogens with zero attached hydrogens (tertiary/aromatic N) is 1. The fraction of sp³-hybridized carbons (Fsp3) is 0.174. The van der Waals surface area contributed by atoms with E-state index >= 15 is 0 Å². The fourth-order valence-electron chi connectivity index (χ4n) is 2.65.